The van der Waals surface area contributed by atoms with E-state index in [0.717, 1.165) is 31.5 Å². The van der Waals surface area contributed by atoms with Crippen LogP contribution >= 0.6 is 0 Å². The maximum Gasteiger partial charge on any atom is 0.0613 e. The van der Waals surface area contributed by atoms with Crippen molar-refractivity contribution in [1.29, 1.82) is 0 Å². The number of ether oxygens (including phenoxy) is 1. The lowest BCUT2D eigenvalue weighted by Crippen LogP contribution is -2.37. The van der Waals surface area contributed by atoms with Crippen molar-refractivity contribution in [1.82, 2.24) is 10.2 Å². The molecule has 0 saturated carbocycles. The van der Waals surface area contributed by atoms with Gasteiger partial charge in [-0.15, -0.1) is 0 Å². The second-order valence-electron chi connectivity index (χ2n) is 6.53. The predicted molar refractivity (Wildman–Crippen MR) is 80.5 cm³/mol. The molecule has 0 aliphatic carbocycles. The number of hydrogen-bond acceptors (Lipinski definition) is 3. The summed E-state index contributed by atoms with van der Waals surface area (Å²) in [4.78, 5) is 2.62. The lowest BCUT2D eigenvalue weighted by atomic mass is 9.98. The van der Waals surface area contributed by atoms with E-state index in [1.807, 2.05) is 0 Å². The van der Waals surface area contributed by atoms with Gasteiger partial charge in [-0.05, 0) is 65.0 Å². The van der Waals surface area contributed by atoms with E-state index in [9.17, 15) is 0 Å². The van der Waals surface area contributed by atoms with Crippen molar-refractivity contribution < 1.29 is 4.74 Å². The van der Waals surface area contributed by atoms with Crippen LogP contribution < -0.4 is 5.32 Å². The van der Waals surface area contributed by atoms with E-state index in [-0.39, 0.29) is 0 Å². The van der Waals surface area contributed by atoms with Gasteiger partial charge in [0.1, 0.15) is 0 Å². The van der Waals surface area contributed by atoms with Crippen molar-refractivity contribution in [2.75, 3.05) is 26.2 Å². The zero-order valence-electron chi connectivity index (χ0n) is 13.0. The number of likely N-dealkylation sites (tertiary alicyclic amines) is 1. The molecular formula is C16H32N2O. The summed E-state index contributed by atoms with van der Waals surface area (Å²) in [6.45, 7) is 11.5. The number of nitrogens with one attached hydrogen (secondary N) is 1. The minimum absolute atomic E-state index is 0.505. The molecule has 19 heavy (non-hydrogen) atoms. The molecule has 0 aromatic heterocycles. The Morgan fingerprint density at radius 3 is 2.79 bits per heavy atom. The molecule has 3 heteroatoms. The fourth-order valence-electron chi connectivity index (χ4n) is 3.53. The van der Waals surface area contributed by atoms with Crippen molar-refractivity contribution in [3.8, 4) is 0 Å². The fourth-order valence-corrected chi connectivity index (χ4v) is 3.53. The normalized spacial score (nSPS) is 33.8. The first-order valence-electron chi connectivity index (χ1n) is 8.29. The minimum atomic E-state index is 0.505. The summed E-state index contributed by atoms with van der Waals surface area (Å²) in [5, 5.41) is 3.82. The van der Waals surface area contributed by atoms with Crippen LogP contribution in [0.4, 0.5) is 0 Å². The highest BCUT2D eigenvalue weighted by molar-refractivity contribution is 4.81. The van der Waals surface area contributed by atoms with E-state index in [1.165, 1.54) is 38.8 Å². The molecule has 112 valence electrons. The lowest BCUT2D eigenvalue weighted by Gasteiger charge is -2.25. The summed E-state index contributed by atoms with van der Waals surface area (Å²) in [5.74, 6) is 0.745. The molecule has 1 N–H and O–H groups in total. The van der Waals surface area contributed by atoms with Gasteiger partial charge in [-0.25, -0.2) is 0 Å². The molecule has 2 aliphatic rings. The summed E-state index contributed by atoms with van der Waals surface area (Å²) in [5.41, 5.74) is 0. The molecule has 2 aliphatic heterocycles. The molecular weight excluding hydrogens is 236 g/mol. The Hall–Kier alpha value is -0.120. The molecule has 2 saturated heterocycles. The highest BCUT2D eigenvalue weighted by Gasteiger charge is 2.27. The van der Waals surface area contributed by atoms with Gasteiger partial charge in [0.25, 0.3) is 0 Å². The van der Waals surface area contributed by atoms with Crippen molar-refractivity contribution in [3.63, 3.8) is 0 Å². The molecule has 3 atom stereocenters. The summed E-state index contributed by atoms with van der Waals surface area (Å²) >= 11 is 0. The molecule has 3 nitrogen and oxygen atoms in total. The second-order valence-corrected chi connectivity index (χ2v) is 6.53. The molecule has 0 aromatic carbocycles. The van der Waals surface area contributed by atoms with Gasteiger partial charge in [0.15, 0.2) is 0 Å². The zero-order valence-corrected chi connectivity index (χ0v) is 13.0. The molecule has 2 heterocycles. The van der Waals surface area contributed by atoms with Gasteiger partial charge in [0, 0.05) is 25.2 Å². The van der Waals surface area contributed by atoms with Crippen LogP contribution in [0.1, 0.15) is 52.9 Å². The second kappa shape index (κ2) is 7.61. The number of hydrogen-bond donors (Lipinski definition) is 1. The Kier molecular flexibility index (Phi) is 6.11. The SMILES string of the molecule is CCC1OCCC1CNC1CCCN(C(C)C)CC1. The van der Waals surface area contributed by atoms with Gasteiger partial charge in [-0.3, -0.25) is 0 Å². The third-order valence-corrected chi connectivity index (χ3v) is 4.91. The van der Waals surface area contributed by atoms with Gasteiger partial charge in [-0.1, -0.05) is 6.92 Å². The molecule has 0 aromatic rings. The first-order valence-corrected chi connectivity index (χ1v) is 8.29. The van der Waals surface area contributed by atoms with E-state index >= 15 is 0 Å². The van der Waals surface area contributed by atoms with Crippen LogP contribution in [0.25, 0.3) is 0 Å². The van der Waals surface area contributed by atoms with Crippen LogP contribution in [0.2, 0.25) is 0 Å². The van der Waals surface area contributed by atoms with E-state index in [0.29, 0.717) is 12.1 Å². The van der Waals surface area contributed by atoms with E-state index in [2.05, 4.69) is 31.0 Å². The van der Waals surface area contributed by atoms with Crippen LogP contribution in [0.5, 0.6) is 0 Å². The highest BCUT2D eigenvalue weighted by atomic mass is 16.5. The third-order valence-electron chi connectivity index (χ3n) is 4.91. The average Bonchev–Trinajstić information content (AvgIpc) is 2.72. The quantitative estimate of drug-likeness (QED) is 0.829. The first kappa shape index (κ1) is 15.3. The van der Waals surface area contributed by atoms with Crippen molar-refractivity contribution in [2.45, 2.75) is 71.1 Å². The maximum atomic E-state index is 5.78. The van der Waals surface area contributed by atoms with Gasteiger partial charge in [0.05, 0.1) is 6.10 Å². The maximum absolute atomic E-state index is 5.78. The van der Waals surface area contributed by atoms with Gasteiger partial charge >= 0.3 is 0 Å². The highest BCUT2D eigenvalue weighted by Crippen LogP contribution is 2.23. The Labute approximate surface area is 119 Å². The first-order chi connectivity index (χ1) is 9.20. The van der Waals surface area contributed by atoms with Crippen LogP contribution in [-0.2, 0) is 4.74 Å². The predicted octanol–water partition coefficient (Wildman–Crippen LogP) is 2.65. The monoisotopic (exact) mass is 268 g/mol. The molecule has 2 fully saturated rings. The third kappa shape index (κ3) is 4.44. The van der Waals surface area contributed by atoms with Gasteiger partial charge < -0.3 is 15.0 Å². The van der Waals surface area contributed by atoms with Crippen molar-refractivity contribution in [2.24, 2.45) is 5.92 Å². The Morgan fingerprint density at radius 2 is 2.05 bits per heavy atom. The zero-order chi connectivity index (χ0) is 13.7. The summed E-state index contributed by atoms with van der Waals surface area (Å²) in [6.07, 6.45) is 6.91. The Balaban J connectivity index is 1.71. The van der Waals surface area contributed by atoms with E-state index in [4.69, 9.17) is 4.74 Å². The largest absolute Gasteiger partial charge is 0.378 e. The lowest BCUT2D eigenvalue weighted by molar-refractivity contribution is 0.0864. The van der Waals surface area contributed by atoms with Gasteiger partial charge in [-0.2, -0.15) is 0 Å². The van der Waals surface area contributed by atoms with Crippen molar-refractivity contribution >= 4 is 0 Å². The standard InChI is InChI=1S/C16H32N2O/c1-4-16-14(8-11-19-16)12-17-15-6-5-9-18(10-7-15)13(2)3/h13-17H,4-12H2,1-3H3. The topological polar surface area (TPSA) is 24.5 Å². The molecule has 0 amide bonds. The van der Waals surface area contributed by atoms with Crippen LogP contribution in [-0.4, -0.2) is 49.3 Å². The Morgan fingerprint density at radius 1 is 1.21 bits per heavy atom. The molecule has 2 rings (SSSR count). The van der Waals surface area contributed by atoms with Gasteiger partial charge in [0.2, 0.25) is 0 Å². The summed E-state index contributed by atoms with van der Waals surface area (Å²) in [7, 11) is 0. The van der Waals surface area contributed by atoms with Crippen LogP contribution in [0.15, 0.2) is 0 Å². The smallest absolute Gasteiger partial charge is 0.0613 e. The minimum Gasteiger partial charge on any atom is -0.378 e. The fraction of sp³-hybridized carbons (Fsp3) is 1.00. The van der Waals surface area contributed by atoms with E-state index in [1.54, 1.807) is 0 Å². The Bertz CT molecular complexity index is 257. The summed E-state index contributed by atoms with van der Waals surface area (Å²) < 4.78 is 5.78. The molecule has 0 radical (unpaired) electrons. The molecule has 0 spiro atoms. The summed E-state index contributed by atoms with van der Waals surface area (Å²) in [6, 6.07) is 1.42. The molecule has 0 bridgehead atoms. The number of rotatable bonds is 5. The van der Waals surface area contributed by atoms with E-state index < -0.39 is 0 Å². The number of nitrogens with zero attached hydrogens (tertiary/aromatic N) is 1. The molecule has 3 unspecified atom stereocenters. The van der Waals surface area contributed by atoms with Crippen LogP contribution in [0, 0.1) is 5.92 Å². The van der Waals surface area contributed by atoms with Crippen molar-refractivity contribution in [3.05, 3.63) is 0 Å². The average molecular weight is 268 g/mol. The van der Waals surface area contributed by atoms with Crippen LogP contribution in [0.3, 0.4) is 0 Å².